The Labute approximate surface area is 226 Å². The number of carbonyl (C=O) groups excluding carboxylic acids is 3. The van der Waals surface area contributed by atoms with Crippen LogP contribution in [0.4, 0.5) is 4.39 Å². The number of halogens is 1. The zero-order chi connectivity index (χ0) is 27.5. The van der Waals surface area contributed by atoms with Crippen molar-refractivity contribution in [1.82, 2.24) is 20.1 Å². The van der Waals surface area contributed by atoms with Gasteiger partial charge in [0.1, 0.15) is 22.9 Å². The molecule has 0 atom stereocenters. The Morgan fingerprint density at radius 1 is 0.974 bits per heavy atom. The summed E-state index contributed by atoms with van der Waals surface area (Å²) in [6.45, 7) is 3.28. The molecular formula is C29H33FN4O5. The van der Waals surface area contributed by atoms with Gasteiger partial charge in [0.2, 0.25) is 0 Å². The number of nitrogens with one attached hydrogen (secondary N) is 2. The third-order valence-corrected chi connectivity index (χ3v) is 7.71. The van der Waals surface area contributed by atoms with E-state index in [-0.39, 0.29) is 28.6 Å². The van der Waals surface area contributed by atoms with Gasteiger partial charge in [0.15, 0.2) is 0 Å². The van der Waals surface area contributed by atoms with Gasteiger partial charge < -0.3 is 29.6 Å². The highest BCUT2D eigenvalue weighted by Crippen LogP contribution is 2.40. The minimum absolute atomic E-state index is 0.167. The number of aromatic nitrogens is 1. The number of fused-ring (bicyclic) bond motifs is 1. The maximum Gasteiger partial charge on any atom is 0.295 e. The van der Waals surface area contributed by atoms with Gasteiger partial charge >= 0.3 is 0 Å². The lowest BCUT2D eigenvalue weighted by Gasteiger charge is -2.33. The Bertz CT molecular complexity index is 1370. The quantitative estimate of drug-likeness (QED) is 0.356. The van der Waals surface area contributed by atoms with Crippen LogP contribution in [-0.4, -0.2) is 85.9 Å². The molecule has 9 nitrogen and oxygen atoms in total. The number of Topliss-reactive ketones (excluding diaryl/α,β-unsaturated/α-hetero) is 1. The number of rotatable bonds is 7. The summed E-state index contributed by atoms with van der Waals surface area (Å²) in [6, 6.07) is 8.22. The number of hydrogen-bond donors (Lipinski definition) is 2. The van der Waals surface area contributed by atoms with Crippen LogP contribution in [0.25, 0.3) is 10.9 Å². The molecule has 5 rings (SSSR count). The number of ether oxygens (including phenoxy) is 2. The van der Waals surface area contributed by atoms with Crippen molar-refractivity contribution in [1.29, 1.82) is 0 Å². The van der Waals surface area contributed by atoms with Crippen LogP contribution < -0.4 is 14.8 Å². The standard InChI is InChI=1S/C29H33FN4O5/c1-38-23-16-22-24(21(17-32-22)26(35)29(37)34-13-9-31-10-14-34)27(39-2)25(23)28(36)33-11-7-19(8-12-33)15-18-3-5-20(30)6-4-18/h3-6,16-17,19,31-32H,7-15H2,1-2H3. The molecule has 2 amide bonds. The Morgan fingerprint density at radius 3 is 2.31 bits per heavy atom. The topological polar surface area (TPSA) is 104 Å². The number of nitrogens with zero attached hydrogens (tertiary/aromatic N) is 2. The molecule has 2 N–H and O–H groups in total. The second-order valence-electron chi connectivity index (χ2n) is 10.0. The number of H-pyrrole nitrogens is 1. The van der Waals surface area contributed by atoms with E-state index in [1.54, 1.807) is 23.1 Å². The molecule has 1 aromatic heterocycles. The predicted octanol–water partition coefficient (Wildman–Crippen LogP) is 3.03. The molecule has 2 aliphatic heterocycles. The van der Waals surface area contributed by atoms with E-state index in [4.69, 9.17) is 9.47 Å². The number of piperazine rings is 1. The van der Waals surface area contributed by atoms with Gasteiger partial charge in [-0.25, -0.2) is 4.39 Å². The molecule has 3 aromatic rings. The van der Waals surface area contributed by atoms with Crippen molar-refractivity contribution in [3.63, 3.8) is 0 Å². The molecule has 39 heavy (non-hydrogen) atoms. The van der Waals surface area contributed by atoms with E-state index < -0.39 is 11.7 Å². The number of carbonyl (C=O) groups is 3. The highest BCUT2D eigenvalue weighted by Gasteiger charge is 2.33. The second kappa shape index (κ2) is 11.4. The van der Waals surface area contributed by atoms with Crippen molar-refractivity contribution in [3.8, 4) is 11.5 Å². The minimum atomic E-state index is -0.647. The number of amides is 2. The molecule has 206 valence electrons. The molecule has 0 radical (unpaired) electrons. The van der Waals surface area contributed by atoms with Crippen LogP contribution in [0.5, 0.6) is 11.5 Å². The van der Waals surface area contributed by atoms with E-state index in [9.17, 15) is 18.8 Å². The van der Waals surface area contributed by atoms with Crippen molar-refractivity contribution >= 4 is 28.5 Å². The van der Waals surface area contributed by atoms with Crippen LogP contribution in [0, 0.1) is 11.7 Å². The van der Waals surface area contributed by atoms with Gasteiger partial charge in [-0.05, 0) is 42.9 Å². The minimum Gasteiger partial charge on any atom is -0.496 e. The highest BCUT2D eigenvalue weighted by molar-refractivity contribution is 6.45. The molecule has 0 bridgehead atoms. The number of hydrogen-bond acceptors (Lipinski definition) is 6. The summed E-state index contributed by atoms with van der Waals surface area (Å²) in [5, 5.41) is 3.56. The number of ketones is 1. The monoisotopic (exact) mass is 536 g/mol. The molecule has 10 heteroatoms. The summed E-state index contributed by atoms with van der Waals surface area (Å²) >= 11 is 0. The Morgan fingerprint density at radius 2 is 1.67 bits per heavy atom. The van der Waals surface area contributed by atoms with Crippen LogP contribution in [0.3, 0.4) is 0 Å². The lowest BCUT2D eigenvalue weighted by molar-refractivity contribution is -0.126. The fraction of sp³-hybridized carbons (Fsp3) is 0.414. The summed E-state index contributed by atoms with van der Waals surface area (Å²) in [4.78, 5) is 46.5. The number of benzene rings is 2. The summed E-state index contributed by atoms with van der Waals surface area (Å²) in [5.41, 5.74) is 2.01. The average Bonchev–Trinajstić information content (AvgIpc) is 3.40. The number of aromatic amines is 1. The number of piperidine rings is 1. The third-order valence-electron chi connectivity index (χ3n) is 7.71. The average molecular weight is 537 g/mol. The SMILES string of the molecule is COc1cc2[nH]cc(C(=O)C(=O)N3CCNCC3)c2c(OC)c1C(=O)N1CCC(Cc2ccc(F)cc2)CC1. The van der Waals surface area contributed by atoms with E-state index in [1.807, 2.05) is 0 Å². The van der Waals surface area contributed by atoms with Crippen LogP contribution in [0.15, 0.2) is 36.5 Å². The summed E-state index contributed by atoms with van der Waals surface area (Å²) in [7, 11) is 2.93. The first kappa shape index (κ1) is 26.7. The summed E-state index contributed by atoms with van der Waals surface area (Å²) in [6.07, 6.45) is 3.94. The second-order valence-corrected chi connectivity index (χ2v) is 10.0. The van der Waals surface area contributed by atoms with Crippen molar-refractivity contribution < 1.29 is 28.2 Å². The van der Waals surface area contributed by atoms with Gasteiger partial charge in [0, 0.05) is 51.5 Å². The van der Waals surface area contributed by atoms with Gasteiger partial charge in [0.25, 0.3) is 17.6 Å². The molecular weight excluding hydrogens is 503 g/mol. The zero-order valence-electron chi connectivity index (χ0n) is 22.2. The molecule has 0 unspecified atom stereocenters. The van der Waals surface area contributed by atoms with Gasteiger partial charge in [0.05, 0.1) is 30.7 Å². The molecule has 2 saturated heterocycles. The first-order valence-electron chi connectivity index (χ1n) is 13.2. The van der Waals surface area contributed by atoms with Crippen molar-refractivity contribution in [2.45, 2.75) is 19.3 Å². The molecule has 2 fully saturated rings. The van der Waals surface area contributed by atoms with Crippen LogP contribution in [0.1, 0.15) is 39.1 Å². The van der Waals surface area contributed by atoms with Crippen LogP contribution >= 0.6 is 0 Å². The van der Waals surface area contributed by atoms with E-state index >= 15 is 0 Å². The first-order chi connectivity index (χ1) is 18.9. The fourth-order valence-corrected chi connectivity index (χ4v) is 5.56. The smallest absolute Gasteiger partial charge is 0.295 e. The molecule has 0 spiro atoms. The van der Waals surface area contributed by atoms with E-state index in [0.717, 1.165) is 24.8 Å². The number of methoxy groups -OCH3 is 2. The lowest BCUT2D eigenvalue weighted by atomic mass is 9.90. The van der Waals surface area contributed by atoms with E-state index in [2.05, 4.69) is 10.3 Å². The Kier molecular flexibility index (Phi) is 7.83. The van der Waals surface area contributed by atoms with Gasteiger partial charge in [-0.2, -0.15) is 0 Å². The maximum absolute atomic E-state index is 13.8. The molecule has 0 saturated carbocycles. The fourth-order valence-electron chi connectivity index (χ4n) is 5.56. The first-order valence-corrected chi connectivity index (χ1v) is 13.2. The lowest BCUT2D eigenvalue weighted by Crippen LogP contribution is -2.48. The van der Waals surface area contributed by atoms with Crippen molar-refractivity contribution in [3.05, 3.63) is 59.0 Å². The highest BCUT2D eigenvalue weighted by atomic mass is 19.1. The molecule has 2 aliphatic rings. The normalized spacial score (nSPS) is 16.4. The third kappa shape index (κ3) is 5.34. The van der Waals surface area contributed by atoms with E-state index in [1.165, 1.54) is 37.4 Å². The van der Waals surface area contributed by atoms with Gasteiger partial charge in [-0.15, -0.1) is 0 Å². The van der Waals surface area contributed by atoms with Gasteiger partial charge in [-0.1, -0.05) is 12.1 Å². The maximum atomic E-state index is 13.8. The Hall–Kier alpha value is -3.92. The Balaban J connectivity index is 1.40. The van der Waals surface area contributed by atoms with Crippen LogP contribution in [0.2, 0.25) is 0 Å². The van der Waals surface area contributed by atoms with Gasteiger partial charge in [-0.3, -0.25) is 14.4 Å². The number of likely N-dealkylation sites (tertiary alicyclic amines) is 1. The van der Waals surface area contributed by atoms with Crippen molar-refractivity contribution in [2.75, 3.05) is 53.5 Å². The molecule has 3 heterocycles. The predicted molar refractivity (Wildman–Crippen MR) is 144 cm³/mol. The summed E-state index contributed by atoms with van der Waals surface area (Å²) < 4.78 is 24.6. The van der Waals surface area contributed by atoms with Crippen molar-refractivity contribution in [2.24, 2.45) is 5.92 Å². The largest absolute Gasteiger partial charge is 0.496 e. The molecule has 0 aliphatic carbocycles. The van der Waals surface area contributed by atoms with E-state index in [0.29, 0.717) is 61.8 Å². The summed E-state index contributed by atoms with van der Waals surface area (Å²) in [5.74, 6) is -0.806. The molecule has 2 aromatic carbocycles. The zero-order valence-corrected chi connectivity index (χ0v) is 22.2. The van der Waals surface area contributed by atoms with Crippen LogP contribution in [-0.2, 0) is 11.2 Å².